The molecule has 0 saturated carbocycles. The number of hydrogen-bond donors (Lipinski definition) is 2. The van der Waals surface area contributed by atoms with E-state index in [2.05, 4.69) is 9.97 Å². The second kappa shape index (κ2) is 5.62. The van der Waals surface area contributed by atoms with Crippen molar-refractivity contribution in [1.82, 2.24) is 14.5 Å². The summed E-state index contributed by atoms with van der Waals surface area (Å²) in [7, 11) is 0. The van der Waals surface area contributed by atoms with Crippen LogP contribution in [-0.4, -0.2) is 37.5 Å². The van der Waals surface area contributed by atoms with Crippen molar-refractivity contribution in [3.63, 3.8) is 0 Å². The molecule has 2 aromatic rings. The van der Waals surface area contributed by atoms with Crippen LogP contribution in [0.5, 0.6) is 0 Å². The second-order valence-electron chi connectivity index (χ2n) is 3.75. The topological polar surface area (TPSA) is 80.4 Å². The van der Waals surface area contributed by atoms with Gasteiger partial charge in [-0.05, 0) is 19.9 Å². The van der Waals surface area contributed by atoms with Crippen LogP contribution in [0, 0.1) is 0 Å². The molecular formula is C11H16ClN3O3. The van der Waals surface area contributed by atoms with E-state index in [-0.39, 0.29) is 19.0 Å². The fraction of sp³-hybridized carbons (Fsp3) is 0.455. The molecule has 2 heterocycles. The predicted molar refractivity (Wildman–Crippen MR) is 68.3 cm³/mol. The number of ether oxygens (including phenoxy) is 1. The Balaban J connectivity index is 0.00000162. The summed E-state index contributed by atoms with van der Waals surface area (Å²) < 4.78 is 6.68. The van der Waals surface area contributed by atoms with Crippen molar-refractivity contribution in [3.05, 3.63) is 24.8 Å². The maximum atomic E-state index is 10.4. The van der Waals surface area contributed by atoms with Gasteiger partial charge in [-0.3, -0.25) is 4.57 Å². The first-order chi connectivity index (χ1) is 8.09. The summed E-state index contributed by atoms with van der Waals surface area (Å²) in [6, 6.07) is 1.73. The SMILES string of the molecule is CCOC(O)(C(C)O)n1ccc2ncncc21.Cl. The molecular weight excluding hydrogens is 258 g/mol. The minimum Gasteiger partial charge on any atom is -0.386 e. The largest absolute Gasteiger partial charge is 0.386 e. The Labute approximate surface area is 111 Å². The van der Waals surface area contributed by atoms with Gasteiger partial charge in [0, 0.05) is 12.8 Å². The van der Waals surface area contributed by atoms with Gasteiger partial charge >= 0.3 is 0 Å². The summed E-state index contributed by atoms with van der Waals surface area (Å²) in [4.78, 5) is 7.95. The van der Waals surface area contributed by atoms with E-state index in [0.29, 0.717) is 11.0 Å². The van der Waals surface area contributed by atoms with Crippen LogP contribution < -0.4 is 0 Å². The molecule has 6 nitrogen and oxygen atoms in total. The van der Waals surface area contributed by atoms with Crippen LogP contribution in [0.3, 0.4) is 0 Å². The zero-order valence-electron chi connectivity index (χ0n) is 10.1. The summed E-state index contributed by atoms with van der Waals surface area (Å²) >= 11 is 0. The lowest BCUT2D eigenvalue weighted by atomic mass is 10.3. The summed E-state index contributed by atoms with van der Waals surface area (Å²) in [5.74, 6) is -1.80. The number of nitrogens with zero attached hydrogens (tertiary/aromatic N) is 3. The highest BCUT2D eigenvalue weighted by Crippen LogP contribution is 2.25. The Bertz CT molecular complexity index is 517. The van der Waals surface area contributed by atoms with Gasteiger partial charge in [0.25, 0.3) is 5.91 Å². The van der Waals surface area contributed by atoms with Crippen LogP contribution >= 0.6 is 12.4 Å². The van der Waals surface area contributed by atoms with Gasteiger partial charge < -0.3 is 14.9 Å². The van der Waals surface area contributed by atoms with Crippen LogP contribution in [0.1, 0.15) is 13.8 Å². The van der Waals surface area contributed by atoms with Crippen molar-refractivity contribution in [3.8, 4) is 0 Å². The number of fused-ring (bicyclic) bond motifs is 1. The quantitative estimate of drug-likeness (QED) is 0.808. The minimum absolute atomic E-state index is 0. The lowest BCUT2D eigenvalue weighted by Crippen LogP contribution is -2.45. The fourth-order valence-corrected chi connectivity index (χ4v) is 1.75. The van der Waals surface area contributed by atoms with Gasteiger partial charge in [-0.15, -0.1) is 12.4 Å². The monoisotopic (exact) mass is 273 g/mol. The van der Waals surface area contributed by atoms with E-state index >= 15 is 0 Å². The van der Waals surface area contributed by atoms with E-state index in [9.17, 15) is 10.2 Å². The first-order valence-corrected chi connectivity index (χ1v) is 5.41. The van der Waals surface area contributed by atoms with Gasteiger partial charge in [-0.1, -0.05) is 0 Å². The highest BCUT2D eigenvalue weighted by atomic mass is 35.5. The third-order valence-electron chi connectivity index (χ3n) is 2.61. The molecule has 0 aliphatic rings. The van der Waals surface area contributed by atoms with Gasteiger partial charge in [0.1, 0.15) is 12.4 Å². The molecule has 0 fully saturated rings. The second-order valence-corrected chi connectivity index (χ2v) is 3.75. The van der Waals surface area contributed by atoms with Crippen molar-refractivity contribution in [2.24, 2.45) is 0 Å². The molecule has 2 unspecified atom stereocenters. The fourth-order valence-electron chi connectivity index (χ4n) is 1.75. The number of aromatic nitrogens is 3. The van der Waals surface area contributed by atoms with Crippen LogP contribution in [0.15, 0.2) is 24.8 Å². The molecule has 0 saturated heterocycles. The van der Waals surface area contributed by atoms with E-state index in [1.165, 1.54) is 17.8 Å². The van der Waals surface area contributed by atoms with Crippen LogP contribution in [0.4, 0.5) is 0 Å². The van der Waals surface area contributed by atoms with Crippen molar-refractivity contribution in [2.75, 3.05) is 6.61 Å². The molecule has 100 valence electrons. The molecule has 0 aliphatic carbocycles. The first-order valence-electron chi connectivity index (χ1n) is 5.41. The zero-order valence-corrected chi connectivity index (χ0v) is 11.0. The normalized spacial score (nSPS) is 16.0. The van der Waals surface area contributed by atoms with Crippen LogP contribution in [-0.2, 0) is 10.6 Å². The van der Waals surface area contributed by atoms with Crippen molar-refractivity contribution in [2.45, 2.75) is 25.9 Å². The Morgan fingerprint density at radius 3 is 2.89 bits per heavy atom. The molecule has 18 heavy (non-hydrogen) atoms. The number of halogens is 1. The zero-order chi connectivity index (χ0) is 12.5. The highest BCUT2D eigenvalue weighted by Gasteiger charge is 2.36. The molecule has 0 spiro atoms. The molecule has 2 atom stereocenters. The van der Waals surface area contributed by atoms with Gasteiger partial charge in [0.15, 0.2) is 0 Å². The summed E-state index contributed by atoms with van der Waals surface area (Å²) in [5, 5.41) is 20.1. The molecule has 0 aromatic carbocycles. The highest BCUT2D eigenvalue weighted by molar-refractivity contribution is 5.85. The van der Waals surface area contributed by atoms with Crippen LogP contribution in [0.2, 0.25) is 0 Å². The van der Waals surface area contributed by atoms with Gasteiger partial charge in [0.05, 0.1) is 17.2 Å². The Morgan fingerprint density at radius 2 is 2.28 bits per heavy atom. The molecule has 0 amide bonds. The Hall–Kier alpha value is -1.21. The molecule has 7 heteroatoms. The molecule has 0 radical (unpaired) electrons. The Kier molecular flexibility index (Phi) is 4.64. The molecule has 2 N–H and O–H groups in total. The van der Waals surface area contributed by atoms with E-state index in [4.69, 9.17) is 4.74 Å². The predicted octanol–water partition coefficient (Wildman–Crippen LogP) is 0.873. The average Bonchev–Trinajstić information content (AvgIpc) is 2.73. The number of rotatable bonds is 4. The average molecular weight is 274 g/mol. The smallest absolute Gasteiger partial charge is 0.280 e. The van der Waals surface area contributed by atoms with E-state index in [0.717, 1.165) is 0 Å². The van der Waals surface area contributed by atoms with E-state index in [1.54, 1.807) is 25.4 Å². The maximum Gasteiger partial charge on any atom is 0.280 e. The summed E-state index contributed by atoms with van der Waals surface area (Å²) in [6.07, 6.45) is 3.52. The first kappa shape index (κ1) is 14.8. The van der Waals surface area contributed by atoms with Crippen molar-refractivity contribution in [1.29, 1.82) is 0 Å². The number of aliphatic hydroxyl groups excluding tert-OH is 1. The van der Waals surface area contributed by atoms with Gasteiger partial charge in [-0.25, -0.2) is 9.97 Å². The molecule has 2 aromatic heterocycles. The lowest BCUT2D eigenvalue weighted by molar-refractivity contribution is -0.305. The van der Waals surface area contributed by atoms with Gasteiger partial charge in [0.2, 0.25) is 0 Å². The summed E-state index contributed by atoms with van der Waals surface area (Å²) in [5.41, 5.74) is 1.28. The van der Waals surface area contributed by atoms with E-state index < -0.39 is 12.0 Å². The Morgan fingerprint density at radius 1 is 1.56 bits per heavy atom. The summed E-state index contributed by atoms with van der Waals surface area (Å²) in [6.45, 7) is 3.48. The molecule has 2 rings (SSSR count). The molecule has 0 aliphatic heterocycles. The molecule has 0 bridgehead atoms. The van der Waals surface area contributed by atoms with Crippen LogP contribution in [0.25, 0.3) is 11.0 Å². The lowest BCUT2D eigenvalue weighted by Gasteiger charge is -2.32. The number of hydrogen-bond acceptors (Lipinski definition) is 5. The maximum absolute atomic E-state index is 10.4. The minimum atomic E-state index is -1.80. The third-order valence-corrected chi connectivity index (χ3v) is 2.61. The van der Waals surface area contributed by atoms with E-state index in [1.807, 2.05) is 0 Å². The van der Waals surface area contributed by atoms with Crippen molar-refractivity contribution < 1.29 is 14.9 Å². The van der Waals surface area contributed by atoms with Gasteiger partial charge in [-0.2, -0.15) is 0 Å². The van der Waals surface area contributed by atoms with Crippen molar-refractivity contribution >= 4 is 23.4 Å². The standard InChI is InChI=1S/C11H15N3O3.ClH/c1-3-17-11(16,8(2)15)14-5-4-9-10(14)6-12-7-13-9;/h4-8,15-16H,3H2,1-2H3;1H. The third kappa shape index (κ3) is 2.32. The number of aliphatic hydroxyl groups is 2.